The van der Waals surface area contributed by atoms with Gasteiger partial charge < -0.3 is 0 Å². The number of hydrogen-bond acceptors (Lipinski definition) is 0. The van der Waals surface area contributed by atoms with E-state index in [1.807, 2.05) is 0 Å². The van der Waals surface area contributed by atoms with E-state index in [0.29, 0.717) is 0 Å². The largest absolute Gasteiger partial charge is 0.0622 e. The molecule has 0 saturated heterocycles. The minimum atomic E-state index is -0.235. The first-order valence-corrected chi connectivity index (χ1v) is 18.9. The van der Waals surface area contributed by atoms with Crippen molar-refractivity contribution in [2.24, 2.45) is 0 Å². The van der Waals surface area contributed by atoms with E-state index < -0.39 is 0 Å². The lowest BCUT2D eigenvalue weighted by Crippen LogP contribution is -2.22. The van der Waals surface area contributed by atoms with Gasteiger partial charge in [-0.2, -0.15) is 0 Å². The average molecular weight is 685 g/mol. The van der Waals surface area contributed by atoms with Crippen LogP contribution in [0.5, 0.6) is 0 Å². The fraction of sp³-hybridized carbons (Fsp3) is 0.0370. The van der Waals surface area contributed by atoms with Gasteiger partial charge in [0.15, 0.2) is 0 Å². The van der Waals surface area contributed by atoms with E-state index in [0.717, 1.165) is 0 Å². The zero-order valence-electron chi connectivity index (χ0n) is 30.1. The maximum atomic E-state index is 2.46. The Morgan fingerprint density at radius 1 is 0.296 bits per heavy atom. The molecule has 1 aliphatic carbocycles. The van der Waals surface area contributed by atoms with Crippen LogP contribution in [0.15, 0.2) is 200 Å². The molecule has 0 radical (unpaired) electrons. The second-order valence-electron chi connectivity index (χ2n) is 14.9. The van der Waals surface area contributed by atoms with E-state index in [9.17, 15) is 0 Å². The van der Waals surface area contributed by atoms with E-state index in [2.05, 4.69) is 207 Å². The van der Waals surface area contributed by atoms with Crippen LogP contribution >= 0.6 is 0 Å². The number of hydrogen-bond donors (Lipinski definition) is 0. The van der Waals surface area contributed by atoms with Gasteiger partial charge in [-0.05, 0) is 135 Å². The quantitative estimate of drug-likeness (QED) is 0.128. The second-order valence-corrected chi connectivity index (χ2v) is 14.9. The molecule has 10 aromatic rings. The molecule has 0 spiro atoms. The molecule has 0 aromatic heterocycles. The molecule has 54 heavy (non-hydrogen) atoms. The molecular weight excluding hydrogens is 649 g/mol. The lowest BCUT2D eigenvalue weighted by Gasteiger charge is -2.28. The van der Waals surface area contributed by atoms with E-state index in [4.69, 9.17) is 0 Å². The average Bonchev–Trinajstić information content (AvgIpc) is 3.49. The highest BCUT2D eigenvalue weighted by molar-refractivity contribution is 6.21. The zero-order valence-corrected chi connectivity index (χ0v) is 30.1. The van der Waals surface area contributed by atoms with Crippen molar-refractivity contribution in [3.05, 3.63) is 217 Å². The minimum Gasteiger partial charge on any atom is -0.0622 e. The first-order valence-electron chi connectivity index (χ1n) is 18.9. The maximum absolute atomic E-state index is 2.46. The molecule has 0 saturated carbocycles. The summed E-state index contributed by atoms with van der Waals surface area (Å²) in [7, 11) is 0. The van der Waals surface area contributed by atoms with Crippen LogP contribution in [0.3, 0.4) is 0 Å². The summed E-state index contributed by atoms with van der Waals surface area (Å²) in [5.41, 5.74) is 14.0. The molecule has 1 aliphatic rings. The molecule has 0 amide bonds. The monoisotopic (exact) mass is 684 g/mol. The minimum absolute atomic E-state index is 0.235. The van der Waals surface area contributed by atoms with Crippen LogP contribution in [-0.4, -0.2) is 0 Å². The van der Waals surface area contributed by atoms with Crippen molar-refractivity contribution in [2.45, 2.75) is 12.3 Å². The summed E-state index contributed by atoms with van der Waals surface area (Å²) in [4.78, 5) is 0. The molecular formula is C54H36. The summed E-state index contributed by atoms with van der Waals surface area (Å²) in [5, 5.41) is 10.2. The van der Waals surface area contributed by atoms with Crippen molar-refractivity contribution in [3.8, 4) is 44.5 Å². The van der Waals surface area contributed by atoms with Crippen molar-refractivity contribution < 1.29 is 0 Å². The normalized spacial score (nSPS) is 14.8. The Bertz CT molecular complexity index is 3110. The highest BCUT2D eigenvalue weighted by atomic mass is 14.4. The molecule has 0 aliphatic heterocycles. The van der Waals surface area contributed by atoms with Gasteiger partial charge in [0.1, 0.15) is 0 Å². The van der Waals surface area contributed by atoms with Crippen molar-refractivity contribution >= 4 is 43.1 Å². The predicted octanol–water partition coefficient (Wildman–Crippen LogP) is 14.6. The van der Waals surface area contributed by atoms with Crippen molar-refractivity contribution in [1.82, 2.24) is 0 Å². The molecule has 0 heterocycles. The van der Waals surface area contributed by atoms with Gasteiger partial charge in [-0.1, -0.05) is 176 Å². The highest BCUT2D eigenvalue weighted by Gasteiger charge is 2.40. The van der Waals surface area contributed by atoms with Crippen LogP contribution in [0.25, 0.3) is 87.6 Å². The number of benzene rings is 10. The Kier molecular flexibility index (Phi) is 6.78. The molecule has 10 aromatic carbocycles. The standard InChI is InChI=1S/C54H36/c1-54(40-17-3-2-4-18-40)51-26-14-13-24-46(51)50-32-36-27-28-38(31-39(36)34-52(50)54)42-20-9-10-22-44(42)45-23-11-12-25-47(45)53-43-21-8-6-16-37(43)33-49-41-19-7-5-15-35(41)29-30-48(49)53/h2-34H,1H3. The van der Waals surface area contributed by atoms with Gasteiger partial charge in [0.25, 0.3) is 0 Å². The molecule has 0 bridgehead atoms. The second kappa shape index (κ2) is 11.9. The SMILES string of the molecule is CC1(c2ccccc2)c2ccccc2-c2cc3ccc(-c4ccccc4-c4ccccc4-c4c5ccccc5cc5c4ccc4ccccc45)cc3cc21. The Labute approximate surface area is 315 Å². The Morgan fingerprint density at radius 3 is 1.72 bits per heavy atom. The molecule has 1 unspecified atom stereocenters. The fourth-order valence-corrected chi connectivity index (χ4v) is 9.50. The molecule has 1 atom stereocenters. The Hall–Kier alpha value is -6.76. The topological polar surface area (TPSA) is 0 Å². The summed E-state index contributed by atoms with van der Waals surface area (Å²) in [5.74, 6) is 0. The molecule has 0 nitrogen and oxygen atoms in total. The van der Waals surface area contributed by atoms with Gasteiger partial charge in [-0.25, -0.2) is 0 Å². The molecule has 252 valence electrons. The highest BCUT2D eigenvalue weighted by Crippen LogP contribution is 2.53. The lowest BCUT2D eigenvalue weighted by atomic mass is 9.74. The predicted molar refractivity (Wildman–Crippen MR) is 230 cm³/mol. The number of fused-ring (bicyclic) bond motifs is 8. The van der Waals surface area contributed by atoms with Crippen molar-refractivity contribution in [2.75, 3.05) is 0 Å². The smallest absolute Gasteiger partial charge is 0.0435 e. The third-order valence-corrected chi connectivity index (χ3v) is 12.1. The Balaban J connectivity index is 1.12. The van der Waals surface area contributed by atoms with Crippen molar-refractivity contribution in [1.29, 1.82) is 0 Å². The van der Waals surface area contributed by atoms with Crippen molar-refractivity contribution in [3.63, 3.8) is 0 Å². The van der Waals surface area contributed by atoms with Gasteiger partial charge in [0.2, 0.25) is 0 Å². The summed E-state index contributed by atoms with van der Waals surface area (Å²) >= 11 is 0. The van der Waals surface area contributed by atoms with E-state index >= 15 is 0 Å². The molecule has 0 N–H and O–H groups in total. The summed E-state index contributed by atoms with van der Waals surface area (Å²) in [6.45, 7) is 2.40. The van der Waals surface area contributed by atoms with Gasteiger partial charge >= 0.3 is 0 Å². The van der Waals surface area contributed by atoms with Crippen LogP contribution in [0.2, 0.25) is 0 Å². The molecule has 0 heteroatoms. The lowest BCUT2D eigenvalue weighted by molar-refractivity contribution is 0.715. The van der Waals surface area contributed by atoms with Gasteiger partial charge in [-0.15, -0.1) is 0 Å². The molecule has 11 rings (SSSR count). The first kappa shape index (κ1) is 30.8. The van der Waals surface area contributed by atoms with Gasteiger partial charge in [0, 0.05) is 5.41 Å². The van der Waals surface area contributed by atoms with Crippen LogP contribution in [0, 0.1) is 0 Å². The third kappa shape index (κ3) is 4.50. The van der Waals surface area contributed by atoms with Gasteiger partial charge in [0.05, 0.1) is 0 Å². The summed E-state index contributed by atoms with van der Waals surface area (Å²) in [6, 6.07) is 74.4. The van der Waals surface area contributed by atoms with Gasteiger partial charge in [-0.3, -0.25) is 0 Å². The maximum Gasteiger partial charge on any atom is 0.0435 e. The number of rotatable bonds is 4. The Morgan fingerprint density at radius 2 is 0.907 bits per heavy atom. The fourth-order valence-electron chi connectivity index (χ4n) is 9.50. The van der Waals surface area contributed by atoms with Crippen LogP contribution in [0.4, 0.5) is 0 Å². The van der Waals surface area contributed by atoms with Crippen LogP contribution < -0.4 is 0 Å². The zero-order chi connectivity index (χ0) is 35.8. The van der Waals surface area contributed by atoms with E-state index in [1.165, 1.54) is 104 Å². The van der Waals surface area contributed by atoms with E-state index in [1.54, 1.807) is 0 Å². The first-order chi connectivity index (χ1) is 26.7. The summed E-state index contributed by atoms with van der Waals surface area (Å²) < 4.78 is 0. The van der Waals surface area contributed by atoms with Crippen LogP contribution in [-0.2, 0) is 5.41 Å². The summed E-state index contributed by atoms with van der Waals surface area (Å²) in [6.07, 6.45) is 0. The molecule has 0 fully saturated rings. The van der Waals surface area contributed by atoms with Crippen LogP contribution in [0.1, 0.15) is 23.6 Å². The van der Waals surface area contributed by atoms with E-state index in [-0.39, 0.29) is 5.41 Å². The third-order valence-electron chi connectivity index (χ3n) is 12.1.